The molecule has 11 aromatic rings. The molecule has 9 aromatic carbocycles. The molecule has 0 unspecified atom stereocenters. The molecule has 0 aliphatic carbocycles. The van der Waals surface area contributed by atoms with Gasteiger partial charge in [0.05, 0.1) is 5.69 Å². The molecule has 0 aliphatic rings. The average molecular weight is 757 g/mol. The largest absolute Gasteiger partial charge is 0.454 e. The highest BCUT2D eigenvalue weighted by atomic mass is 16.4. The molecule has 0 radical (unpaired) electrons. The number of furan rings is 1. The number of oxazole rings is 1. The second-order valence-corrected chi connectivity index (χ2v) is 14.8. The van der Waals surface area contributed by atoms with E-state index in [0.717, 1.165) is 77.9 Å². The van der Waals surface area contributed by atoms with Crippen LogP contribution in [0.5, 0.6) is 0 Å². The van der Waals surface area contributed by atoms with Crippen LogP contribution < -0.4 is 4.90 Å². The Morgan fingerprint density at radius 3 is 1.41 bits per heavy atom. The Balaban J connectivity index is 1.01. The van der Waals surface area contributed by atoms with Crippen molar-refractivity contribution >= 4 is 50.1 Å². The summed E-state index contributed by atoms with van der Waals surface area (Å²) in [7, 11) is 0. The highest BCUT2D eigenvalue weighted by Gasteiger charge is 2.21. The predicted octanol–water partition coefficient (Wildman–Crippen LogP) is 15.5. The fourth-order valence-corrected chi connectivity index (χ4v) is 8.11. The van der Waals surface area contributed by atoms with Gasteiger partial charge in [-0.2, -0.15) is 0 Å². The third-order valence-corrected chi connectivity index (χ3v) is 11.1. The van der Waals surface area contributed by atoms with Crippen molar-refractivity contribution in [3.05, 3.63) is 218 Å². The van der Waals surface area contributed by atoms with Gasteiger partial charge in [-0.3, -0.25) is 0 Å². The number of aromatic nitrogens is 1. The van der Waals surface area contributed by atoms with Gasteiger partial charge in [-0.05, 0) is 93.0 Å². The van der Waals surface area contributed by atoms with Gasteiger partial charge >= 0.3 is 0 Å². The zero-order valence-corrected chi connectivity index (χ0v) is 32.0. The Bertz CT molecular complexity index is 3220. The normalized spacial score (nSPS) is 11.4. The molecule has 0 spiro atoms. The Hall–Kier alpha value is -7.95. The van der Waals surface area contributed by atoms with Crippen molar-refractivity contribution in [2.45, 2.75) is 0 Å². The van der Waals surface area contributed by atoms with E-state index < -0.39 is 0 Å². The van der Waals surface area contributed by atoms with E-state index in [4.69, 9.17) is 13.8 Å². The van der Waals surface area contributed by atoms with Crippen LogP contribution >= 0.6 is 0 Å². The first kappa shape index (κ1) is 34.3. The number of hydrogen-bond donors (Lipinski definition) is 0. The molecule has 0 aliphatic heterocycles. The quantitative estimate of drug-likeness (QED) is 0.155. The van der Waals surface area contributed by atoms with Gasteiger partial charge in [0.2, 0.25) is 5.89 Å². The summed E-state index contributed by atoms with van der Waals surface area (Å²) in [6, 6.07) is 76.5. The van der Waals surface area contributed by atoms with Crippen molar-refractivity contribution in [1.29, 1.82) is 0 Å². The van der Waals surface area contributed by atoms with Crippen molar-refractivity contribution in [2.75, 3.05) is 4.90 Å². The van der Waals surface area contributed by atoms with E-state index in [-0.39, 0.29) is 0 Å². The molecule has 0 fully saturated rings. The number of rotatable bonds is 8. The van der Waals surface area contributed by atoms with Crippen LogP contribution in [0.1, 0.15) is 0 Å². The highest BCUT2D eigenvalue weighted by Crippen LogP contribution is 2.44. The van der Waals surface area contributed by atoms with Crippen LogP contribution in [0.25, 0.3) is 89.0 Å². The van der Waals surface area contributed by atoms with E-state index in [2.05, 4.69) is 181 Å². The summed E-state index contributed by atoms with van der Waals surface area (Å²) in [5.74, 6) is 0.592. The lowest BCUT2D eigenvalue weighted by molar-refractivity contribution is 0.620. The third-order valence-electron chi connectivity index (χ3n) is 11.1. The summed E-state index contributed by atoms with van der Waals surface area (Å²) >= 11 is 0. The molecule has 0 saturated heterocycles. The van der Waals surface area contributed by atoms with E-state index >= 15 is 0 Å². The molecule has 0 amide bonds. The molecule has 278 valence electrons. The average Bonchev–Trinajstić information content (AvgIpc) is 3.91. The van der Waals surface area contributed by atoms with E-state index in [1.807, 2.05) is 42.5 Å². The first-order valence-electron chi connectivity index (χ1n) is 19.9. The Morgan fingerprint density at radius 1 is 0.322 bits per heavy atom. The second kappa shape index (κ2) is 14.5. The smallest absolute Gasteiger partial charge is 0.227 e. The minimum absolute atomic E-state index is 0.592. The minimum Gasteiger partial charge on any atom is -0.454 e. The summed E-state index contributed by atoms with van der Waals surface area (Å²) in [6.45, 7) is 0. The number of para-hydroxylation sites is 1. The van der Waals surface area contributed by atoms with Crippen LogP contribution in [0.3, 0.4) is 0 Å². The van der Waals surface area contributed by atoms with Gasteiger partial charge in [0.1, 0.15) is 11.1 Å². The molecule has 0 bridgehead atoms. The van der Waals surface area contributed by atoms with Crippen molar-refractivity contribution < 1.29 is 8.83 Å². The molecule has 4 heteroatoms. The Morgan fingerprint density at radius 2 is 0.814 bits per heavy atom. The second-order valence-electron chi connectivity index (χ2n) is 14.8. The zero-order valence-electron chi connectivity index (χ0n) is 32.0. The summed E-state index contributed by atoms with van der Waals surface area (Å²) in [4.78, 5) is 7.13. The van der Waals surface area contributed by atoms with Crippen LogP contribution in [0, 0.1) is 0 Å². The molecule has 2 heterocycles. The zero-order chi connectivity index (χ0) is 39.1. The van der Waals surface area contributed by atoms with E-state index in [9.17, 15) is 0 Å². The maximum Gasteiger partial charge on any atom is 0.227 e. The number of fused-ring (bicyclic) bond motifs is 4. The van der Waals surface area contributed by atoms with Gasteiger partial charge in [0.15, 0.2) is 11.2 Å². The maximum atomic E-state index is 6.82. The van der Waals surface area contributed by atoms with Gasteiger partial charge in [0.25, 0.3) is 0 Å². The van der Waals surface area contributed by atoms with Crippen LogP contribution in [-0.2, 0) is 0 Å². The highest BCUT2D eigenvalue weighted by molar-refractivity contribution is 6.13. The van der Waals surface area contributed by atoms with E-state index in [1.165, 1.54) is 22.3 Å². The molecular weight excluding hydrogens is 721 g/mol. The van der Waals surface area contributed by atoms with Crippen LogP contribution in [0.4, 0.5) is 17.1 Å². The van der Waals surface area contributed by atoms with E-state index in [0.29, 0.717) is 5.89 Å². The number of nitrogens with zero attached hydrogens (tertiary/aromatic N) is 2. The first-order chi connectivity index (χ1) is 29.2. The molecule has 59 heavy (non-hydrogen) atoms. The number of hydrogen-bond acceptors (Lipinski definition) is 4. The lowest BCUT2D eigenvalue weighted by Gasteiger charge is -2.26. The van der Waals surface area contributed by atoms with E-state index in [1.54, 1.807) is 0 Å². The van der Waals surface area contributed by atoms with Gasteiger partial charge in [-0.15, -0.1) is 0 Å². The first-order valence-corrected chi connectivity index (χ1v) is 19.9. The van der Waals surface area contributed by atoms with Crippen LogP contribution in [0.2, 0.25) is 0 Å². The number of benzene rings is 9. The van der Waals surface area contributed by atoms with Crippen molar-refractivity contribution in [3.63, 3.8) is 0 Å². The topological polar surface area (TPSA) is 42.4 Å². The standard InChI is InChI=1S/C55H36N2O2/c1-4-12-37(13-5-1)39-22-24-41(25-23-39)42-30-32-46(33-31-42)57(47-19-10-18-45(34-47)43-28-26-40(27-29-43)38-14-6-2-7-15-38)51-21-11-20-48-49-35-53-50(36-52(49)58-54(48)51)56-55(59-53)44-16-8-3-9-17-44/h1-36H. The Labute approximate surface area is 341 Å². The van der Waals surface area contributed by atoms with Crippen molar-refractivity contribution in [2.24, 2.45) is 0 Å². The summed E-state index contributed by atoms with van der Waals surface area (Å²) < 4.78 is 13.1. The molecule has 2 aromatic heterocycles. The van der Waals surface area contributed by atoms with Gasteiger partial charge in [-0.25, -0.2) is 4.98 Å². The third kappa shape index (κ3) is 6.43. The summed E-state index contributed by atoms with van der Waals surface area (Å²) in [6.07, 6.45) is 0. The minimum atomic E-state index is 0.592. The molecule has 0 saturated carbocycles. The summed E-state index contributed by atoms with van der Waals surface area (Å²) in [5, 5.41) is 1.98. The predicted molar refractivity (Wildman–Crippen MR) is 243 cm³/mol. The monoisotopic (exact) mass is 756 g/mol. The van der Waals surface area contributed by atoms with Gasteiger partial charge in [0, 0.05) is 33.8 Å². The molecule has 0 atom stereocenters. The molecule has 4 nitrogen and oxygen atoms in total. The van der Waals surface area contributed by atoms with Gasteiger partial charge < -0.3 is 13.7 Å². The molecule has 0 N–H and O–H groups in total. The SMILES string of the molecule is c1ccc(-c2ccc(-c3ccc(N(c4cccc(-c5ccc(-c6ccccc6)cc5)c4)c4cccc5c4oc4cc6nc(-c7ccccc7)oc6cc45)cc3)cc2)cc1. The van der Waals surface area contributed by atoms with Crippen molar-refractivity contribution in [1.82, 2.24) is 4.98 Å². The molecule has 11 rings (SSSR count). The van der Waals surface area contributed by atoms with Crippen LogP contribution in [0.15, 0.2) is 227 Å². The lowest BCUT2D eigenvalue weighted by Crippen LogP contribution is -2.10. The summed E-state index contributed by atoms with van der Waals surface area (Å²) in [5.41, 5.74) is 16.3. The van der Waals surface area contributed by atoms with Crippen LogP contribution in [-0.4, -0.2) is 4.98 Å². The Kier molecular flexibility index (Phi) is 8.45. The maximum absolute atomic E-state index is 6.82. The number of anilines is 3. The fourth-order valence-electron chi connectivity index (χ4n) is 8.11. The fraction of sp³-hybridized carbons (Fsp3) is 0. The van der Waals surface area contributed by atoms with Gasteiger partial charge in [-0.1, -0.05) is 164 Å². The van der Waals surface area contributed by atoms with Crippen molar-refractivity contribution in [3.8, 4) is 56.0 Å². The lowest BCUT2D eigenvalue weighted by atomic mass is 9.99. The molecular formula is C55H36N2O2.